The molecule has 9 aromatic carbocycles. The summed E-state index contributed by atoms with van der Waals surface area (Å²) in [6.45, 7) is 0. The molecule has 0 atom stereocenters. The summed E-state index contributed by atoms with van der Waals surface area (Å²) in [7, 11) is -3.31. The van der Waals surface area contributed by atoms with E-state index in [1.807, 2.05) is 127 Å². The van der Waals surface area contributed by atoms with Gasteiger partial charge < -0.3 is 28.6 Å². The van der Waals surface area contributed by atoms with Crippen molar-refractivity contribution in [1.82, 2.24) is 0 Å². The molecule has 0 N–H and O–H groups in total. The fraction of sp³-hybridized carbons (Fsp3) is 0. The summed E-state index contributed by atoms with van der Waals surface area (Å²) in [4.78, 5) is 4.46. The zero-order valence-corrected chi connectivity index (χ0v) is 33.6. The molecule has 3 aliphatic heterocycles. The maximum Gasteiger partial charge on any atom is 0.178 e. The molecule has 12 rings (SSSR count). The van der Waals surface area contributed by atoms with Crippen LogP contribution in [0, 0.1) is 0 Å². The monoisotopic (exact) mass is 806 g/mol. The van der Waals surface area contributed by atoms with Crippen LogP contribution in [0.2, 0.25) is 0 Å². The van der Waals surface area contributed by atoms with E-state index in [0.29, 0.717) is 22.1 Å². The first-order valence-electron chi connectivity index (χ1n) is 20.3. The van der Waals surface area contributed by atoms with Gasteiger partial charge in [0.2, 0.25) is 0 Å². The average molecular weight is 807 g/mol. The zero-order valence-electron chi connectivity index (χ0n) is 32.7. The van der Waals surface area contributed by atoms with E-state index in [-0.39, 0.29) is 0 Å². The quantitative estimate of drug-likeness (QED) is 0.162. The molecule has 9 aromatic rings. The van der Waals surface area contributed by atoms with E-state index >= 15 is 4.57 Å². The molecule has 0 aliphatic carbocycles. The number of hydrogen-bond acceptors (Lipinski definition) is 6. The summed E-state index contributed by atoms with van der Waals surface area (Å²) in [5, 5.41) is 2.15. The molecule has 0 unspecified atom stereocenters. The summed E-state index contributed by atoms with van der Waals surface area (Å²) in [5.74, 6) is 4.43. The van der Waals surface area contributed by atoms with Crippen molar-refractivity contribution < 1.29 is 18.8 Å². The van der Waals surface area contributed by atoms with Crippen molar-refractivity contribution in [3.63, 3.8) is 0 Å². The number of benzene rings is 9. The fourth-order valence-corrected chi connectivity index (χ4v) is 11.6. The van der Waals surface area contributed by atoms with Crippen LogP contribution in [-0.4, -0.2) is 0 Å². The largest absolute Gasteiger partial charge is 0.456 e. The van der Waals surface area contributed by atoms with Crippen molar-refractivity contribution in [2.45, 2.75) is 0 Å². The minimum absolute atomic E-state index is 0.592. The summed E-state index contributed by atoms with van der Waals surface area (Å²) < 4.78 is 35.0. The van der Waals surface area contributed by atoms with Gasteiger partial charge in [-0.2, -0.15) is 0 Å². The third-order valence-corrected chi connectivity index (χ3v) is 14.8. The number of nitrogens with zero attached hydrogens (tertiary/aromatic N) is 2. The lowest BCUT2D eigenvalue weighted by Gasteiger charge is -2.33. The highest BCUT2D eigenvalue weighted by Crippen LogP contribution is 2.54. The number of rotatable bonds is 5. The van der Waals surface area contributed by atoms with Gasteiger partial charge in [0.15, 0.2) is 30.1 Å². The van der Waals surface area contributed by atoms with Crippen LogP contribution in [0.1, 0.15) is 0 Å². The van der Waals surface area contributed by atoms with Gasteiger partial charge >= 0.3 is 0 Å². The molecule has 0 aromatic heterocycles. The van der Waals surface area contributed by atoms with Crippen molar-refractivity contribution in [2.75, 3.05) is 9.80 Å². The first-order valence-corrected chi connectivity index (χ1v) is 22.0. The Labute approximate surface area is 353 Å². The normalized spacial score (nSPS) is 13.8. The van der Waals surface area contributed by atoms with Crippen LogP contribution in [0.15, 0.2) is 212 Å². The molecule has 0 saturated heterocycles. The van der Waals surface area contributed by atoms with Gasteiger partial charge in [-0.25, -0.2) is 0 Å². The van der Waals surface area contributed by atoms with Gasteiger partial charge in [0.25, 0.3) is 0 Å². The molecule has 0 spiro atoms. The standard InChI is InChI=1S/C54H35N2O4P/c57-61(42-12-2-1-3-13-42)53-32-26-38(36-22-28-40(29-23-36)55-43-14-4-8-18-47(43)58-48-19-9-5-15-44(48)55)34-51(53)60-52-35-39(27-33-54(52)61)37-24-30-41(31-25-37)56-45-16-6-10-20-49(45)59-50-21-11-7-17-46(50)56/h1-35H. The Morgan fingerprint density at radius 1 is 0.311 bits per heavy atom. The van der Waals surface area contributed by atoms with Crippen molar-refractivity contribution >= 4 is 57.2 Å². The smallest absolute Gasteiger partial charge is 0.178 e. The van der Waals surface area contributed by atoms with Gasteiger partial charge in [0, 0.05) is 16.7 Å². The second-order valence-corrected chi connectivity index (χ2v) is 18.0. The van der Waals surface area contributed by atoms with Crippen LogP contribution in [0.5, 0.6) is 34.5 Å². The molecule has 0 amide bonds. The average Bonchev–Trinajstić information content (AvgIpc) is 3.32. The molecule has 0 bridgehead atoms. The van der Waals surface area contributed by atoms with Crippen LogP contribution in [0.3, 0.4) is 0 Å². The summed E-state index contributed by atoms with van der Waals surface area (Å²) in [5.41, 5.74) is 9.93. The fourth-order valence-electron chi connectivity index (χ4n) is 8.81. The number of fused-ring (bicyclic) bond motifs is 6. The van der Waals surface area contributed by atoms with Gasteiger partial charge in [0.05, 0.1) is 33.4 Å². The van der Waals surface area contributed by atoms with E-state index in [9.17, 15) is 0 Å². The lowest BCUT2D eigenvalue weighted by Crippen LogP contribution is -2.30. The number of ether oxygens (including phenoxy) is 3. The zero-order chi connectivity index (χ0) is 40.5. The molecular weight excluding hydrogens is 772 g/mol. The predicted molar refractivity (Wildman–Crippen MR) is 246 cm³/mol. The summed E-state index contributed by atoms with van der Waals surface area (Å²) in [6, 6.07) is 71.3. The van der Waals surface area contributed by atoms with Gasteiger partial charge in [-0.1, -0.05) is 115 Å². The van der Waals surface area contributed by atoms with Crippen LogP contribution in [0.25, 0.3) is 22.3 Å². The van der Waals surface area contributed by atoms with Gasteiger partial charge in [0.1, 0.15) is 11.5 Å². The molecule has 3 heterocycles. The van der Waals surface area contributed by atoms with Crippen LogP contribution >= 0.6 is 7.14 Å². The molecule has 6 nitrogen and oxygen atoms in total. The van der Waals surface area contributed by atoms with Gasteiger partial charge in [-0.05, 0) is 119 Å². The lowest BCUT2D eigenvalue weighted by molar-refractivity contribution is 0.477. The molecular formula is C54H35N2O4P. The predicted octanol–water partition coefficient (Wildman–Crippen LogP) is 13.9. The molecule has 0 saturated carbocycles. The topological polar surface area (TPSA) is 51.2 Å². The Morgan fingerprint density at radius 3 is 1.03 bits per heavy atom. The number of hydrogen-bond donors (Lipinski definition) is 0. The van der Waals surface area contributed by atoms with Gasteiger partial charge in [-0.3, -0.25) is 0 Å². The Bertz CT molecular complexity index is 2940. The van der Waals surface area contributed by atoms with Crippen molar-refractivity contribution in [2.24, 2.45) is 0 Å². The van der Waals surface area contributed by atoms with E-state index in [2.05, 4.69) is 94.7 Å². The summed E-state index contributed by atoms with van der Waals surface area (Å²) in [6.07, 6.45) is 0. The second-order valence-electron chi connectivity index (χ2n) is 15.3. The molecule has 61 heavy (non-hydrogen) atoms. The van der Waals surface area contributed by atoms with Crippen LogP contribution in [0.4, 0.5) is 34.1 Å². The minimum atomic E-state index is -3.31. The van der Waals surface area contributed by atoms with E-state index < -0.39 is 7.14 Å². The highest BCUT2D eigenvalue weighted by Gasteiger charge is 2.39. The van der Waals surface area contributed by atoms with E-state index in [1.165, 1.54) is 0 Å². The van der Waals surface area contributed by atoms with E-state index in [1.54, 1.807) is 0 Å². The van der Waals surface area contributed by atoms with Crippen molar-refractivity contribution in [1.29, 1.82) is 0 Å². The first-order chi connectivity index (χ1) is 30.1. The Hall–Kier alpha value is -7.79. The third-order valence-electron chi connectivity index (χ3n) is 11.7. The first kappa shape index (κ1) is 35.2. The SMILES string of the molecule is O=P1(c2ccccc2)c2ccc(-c3ccc(N4c5ccccc5Oc5ccccc54)cc3)cc2Oc2cc(-c3ccc(N4c5ccccc5Oc5ccccc54)cc3)ccc21. The molecule has 7 heteroatoms. The Morgan fingerprint density at radius 2 is 0.639 bits per heavy atom. The summed E-state index contributed by atoms with van der Waals surface area (Å²) >= 11 is 0. The van der Waals surface area contributed by atoms with E-state index in [0.717, 1.165) is 84.7 Å². The number of anilines is 6. The second kappa shape index (κ2) is 13.9. The molecule has 290 valence electrons. The molecule has 0 fully saturated rings. The number of para-hydroxylation sites is 8. The molecule has 0 radical (unpaired) electrons. The minimum Gasteiger partial charge on any atom is -0.456 e. The Balaban J connectivity index is 0.900. The third kappa shape index (κ3) is 5.68. The van der Waals surface area contributed by atoms with Crippen LogP contribution < -0.4 is 39.9 Å². The lowest BCUT2D eigenvalue weighted by atomic mass is 10.0. The Kier molecular flexibility index (Phi) is 8.02. The van der Waals surface area contributed by atoms with Crippen molar-refractivity contribution in [3.8, 4) is 56.8 Å². The maximum absolute atomic E-state index is 15.7. The van der Waals surface area contributed by atoms with Gasteiger partial charge in [-0.15, -0.1) is 0 Å². The highest BCUT2D eigenvalue weighted by atomic mass is 31.2. The van der Waals surface area contributed by atoms with Crippen LogP contribution in [-0.2, 0) is 4.57 Å². The maximum atomic E-state index is 15.7. The van der Waals surface area contributed by atoms with E-state index in [4.69, 9.17) is 14.2 Å². The molecule has 3 aliphatic rings. The van der Waals surface area contributed by atoms with Crippen molar-refractivity contribution in [3.05, 3.63) is 212 Å². The highest BCUT2D eigenvalue weighted by molar-refractivity contribution is 7.85.